The van der Waals surface area contributed by atoms with Crippen molar-refractivity contribution in [2.45, 2.75) is 78.0 Å². The van der Waals surface area contributed by atoms with Crippen molar-refractivity contribution in [2.75, 3.05) is 13.2 Å². The Bertz CT molecular complexity index is 278. The maximum atomic E-state index is 6.22. The van der Waals surface area contributed by atoms with E-state index in [2.05, 4.69) is 46.4 Å². The first-order valence-corrected chi connectivity index (χ1v) is 7.08. The van der Waals surface area contributed by atoms with Crippen LogP contribution in [0.3, 0.4) is 0 Å². The van der Waals surface area contributed by atoms with Crippen molar-refractivity contribution >= 4 is 0 Å². The molecule has 2 aliphatic heterocycles. The van der Waals surface area contributed by atoms with E-state index in [-0.39, 0.29) is 16.6 Å². The Balaban J connectivity index is 2.33. The van der Waals surface area contributed by atoms with Crippen molar-refractivity contribution in [1.82, 2.24) is 4.90 Å². The summed E-state index contributed by atoms with van der Waals surface area (Å²) in [5.41, 5.74) is 0.674. The highest BCUT2D eigenvalue weighted by atomic mass is 16.5. The topological polar surface area (TPSA) is 12.5 Å². The molecule has 0 aromatic heterocycles. The molecule has 2 aliphatic rings. The molecular weight excluding hydrogens is 210 g/mol. The van der Waals surface area contributed by atoms with Crippen molar-refractivity contribution in [2.24, 2.45) is 5.41 Å². The number of hydrogen-bond acceptors (Lipinski definition) is 2. The largest absolute Gasteiger partial charge is 0.373 e. The lowest BCUT2D eigenvalue weighted by atomic mass is 9.74. The molecule has 2 rings (SSSR count). The first kappa shape index (κ1) is 13.4. The van der Waals surface area contributed by atoms with Crippen LogP contribution < -0.4 is 0 Å². The molecule has 2 unspecified atom stereocenters. The summed E-state index contributed by atoms with van der Waals surface area (Å²) >= 11 is 0. The Morgan fingerprint density at radius 3 is 2.12 bits per heavy atom. The number of likely N-dealkylation sites (tertiary alicyclic amines) is 1. The Hall–Kier alpha value is -0.0800. The number of hydrogen-bond donors (Lipinski definition) is 0. The summed E-state index contributed by atoms with van der Waals surface area (Å²) in [5, 5.41) is 0. The van der Waals surface area contributed by atoms with Crippen LogP contribution >= 0.6 is 0 Å². The molecule has 0 N–H and O–H groups in total. The standard InChI is InChI=1S/C15H29NO/c1-13(2,3)12-15(8-7-11-17-15)9-10-16(12)14(4,5)6/h12H,7-11H2,1-6H3. The van der Waals surface area contributed by atoms with E-state index in [9.17, 15) is 0 Å². The second-order valence-corrected chi connectivity index (χ2v) is 7.90. The summed E-state index contributed by atoms with van der Waals surface area (Å²) in [4.78, 5) is 2.68. The van der Waals surface area contributed by atoms with Crippen LogP contribution in [-0.2, 0) is 4.74 Å². The molecular formula is C15H29NO. The minimum Gasteiger partial charge on any atom is -0.373 e. The smallest absolute Gasteiger partial charge is 0.0855 e. The molecule has 2 nitrogen and oxygen atoms in total. The molecule has 0 bridgehead atoms. The van der Waals surface area contributed by atoms with Gasteiger partial charge in [-0.2, -0.15) is 0 Å². The zero-order valence-corrected chi connectivity index (χ0v) is 12.5. The van der Waals surface area contributed by atoms with Gasteiger partial charge >= 0.3 is 0 Å². The molecule has 0 aliphatic carbocycles. The highest BCUT2D eigenvalue weighted by Crippen LogP contribution is 2.49. The van der Waals surface area contributed by atoms with E-state index in [1.54, 1.807) is 0 Å². The Kier molecular flexibility index (Phi) is 3.11. The summed E-state index contributed by atoms with van der Waals surface area (Å²) in [7, 11) is 0. The maximum Gasteiger partial charge on any atom is 0.0855 e. The van der Waals surface area contributed by atoms with Gasteiger partial charge in [0.1, 0.15) is 0 Å². The Morgan fingerprint density at radius 1 is 1.06 bits per heavy atom. The second-order valence-electron chi connectivity index (χ2n) is 7.90. The fraction of sp³-hybridized carbons (Fsp3) is 1.00. The predicted molar refractivity (Wildman–Crippen MR) is 72.2 cm³/mol. The van der Waals surface area contributed by atoms with Crippen LogP contribution in [-0.4, -0.2) is 35.2 Å². The van der Waals surface area contributed by atoms with Crippen LogP contribution in [0.15, 0.2) is 0 Å². The lowest BCUT2D eigenvalue weighted by molar-refractivity contribution is -0.0769. The molecule has 1 spiro atoms. The molecule has 2 fully saturated rings. The average Bonchev–Trinajstić information content (AvgIpc) is 2.71. The van der Waals surface area contributed by atoms with E-state index in [0.717, 1.165) is 6.61 Å². The van der Waals surface area contributed by atoms with Gasteiger partial charge in [0.15, 0.2) is 0 Å². The summed E-state index contributed by atoms with van der Waals surface area (Å²) in [6, 6.07) is 0.553. The minimum atomic E-state index is 0.144. The van der Waals surface area contributed by atoms with Crippen LogP contribution in [0, 0.1) is 5.41 Å². The third-order valence-electron chi connectivity index (χ3n) is 4.40. The van der Waals surface area contributed by atoms with Crippen LogP contribution in [0.4, 0.5) is 0 Å². The van der Waals surface area contributed by atoms with Gasteiger partial charge in [-0.3, -0.25) is 4.90 Å². The summed E-state index contributed by atoms with van der Waals surface area (Å²) in [6.07, 6.45) is 3.71. The fourth-order valence-corrected chi connectivity index (χ4v) is 3.97. The molecule has 0 aromatic carbocycles. The Morgan fingerprint density at radius 2 is 1.71 bits per heavy atom. The molecule has 0 radical (unpaired) electrons. The summed E-state index contributed by atoms with van der Waals surface area (Å²) < 4.78 is 6.22. The van der Waals surface area contributed by atoms with Crippen molar-refractivity contribution < 1.29 is 4.74 Å². The number of ether oxygens (including phenoxy) is 1. The summed E-state index contributed by atoms with van der Waals surface area (Å²) in [6.45, 7) is 16.2. The molecule has 2 heterocycles. The van der Waals surface area contributed by atoms with Gasteiger partial charge in [-0.25, -0.2) is 0 Å². The van der Waals surface area contributed by atoms with E-state index in [1.807, 2.05) is 0 Å². The van der Waals surface area contributed by atoms with Crippen molar-refractivity contribution in [3.63, 3.8) is 0 Å². The van der Waals surface area contributed by atoms with E-state index in [0.29, 0.717) is 6.04 Å². The molecule has 0 saturated carbocycles. The first-order valence-electron chi connectivity index (χ1n) is 7.08. The molecule has 0 aromatic rings. The van der Waals surface area contributed by atoms with Crippen LogP contribution in [0.2, 0.25) is 0 Å². The van der Waals surface area contributed by atoms with Gasteiger partial charge in [-0.15, -0.1) is 0 Å². The van der Waals surface area contributed by atoms with Crippen molar-refractivity contribution in [3.05, 3.63) is 0 Å². The summed E-state index contributed by atoms with van der Waals surface area (Å²) in [5.74, 6) is 0. The first-order chi connectivity index (χ1) is 7.67. The highest BCUT2D eigenvalue weighted by molar-refractivity contribution is 5.10. The number of rotatable bonds is 0. The monoisotopic (exact) mass is 239 g/mol. The van der Waals surface area contributed by atoms with Gasteiger partial charge in [0, 0.05) is 24.7 Å². The zero-order valence-electron chi connectivity index (χ0n) is 12.5. The SMILES string of the molecule is CC(C)(C)C1N(C(C)(C)C)CCC12CCCO2. The maximum absolute atomic E-state index is 6.22. The predicted octanol–water partition coefficient (Wildman–Crippen LogP) is 3.45. The molecule has 2 saturated heterocycles. The third kappa shape index (κ3) is 2.26. The van der Waals surface area contributed by atoms with Crippen LogP contribution in [0.5, 0.6) is 0 Å². The van der Waals surface area contributed by atoms with Gasteiger partial charge < -0.3 is 4.74 Å². The highest BCUT2D eigenvalue weighted by Gasteiger charge is 2.56. The van der Waals surface area contributed by atoms with Gasteiger partial charge in [0.25, 0.3) is 0 Å². The van der Waals surface area contributed by atoms with Gasteiger partial charge in [0.2, 0.25) is 0 Å². The molecule has 2 heteroatoms. The minimum absolute atomic E-state index is 0.144. The van der Waals surface area contributed by atoms with Crippen molar-refractivity contribution in [3.8, 4) is 0 Å². The lowest BCUT2D eigenvalue weighted by Crippen LogP contribution is -2.57. The van der Waals surface area contributed by atoms with Crippen LogP contribution in [0.1, 0.15) is 60.8 Å². The van der Waals surface area contributed by atoms with E-state index < -0.39 is 0 Å². The van der Waals surface area contributed by atoms with Gasteiger partial charge in [0.05, 0.1) is 5.60 Å². The van der Waals surface area contributed by atoms with Gasteiger partial charge in [-0.05, 0) is 45.4 Å². The molecule has 2 atom stereocenters. The van der Waals surface area contributed by atoms with E-state index in [1.165, 1.54) is 25.8 Å². The van der Waals surface area contributed by atoms with Crippen molar-refractivity contribution in [1.29, 1.82) is 0 Å². The molecule has 0 amide bonds. The number of nitrogens with zero attached hydrogens (tertiary/aromatic N) is 1. The molecule has 17 heavy (non-hydrogen) atoms. The van der Waals surface area contributed by atoms with Gasteiger partial charge in [-0.1, -0.05) is 20.8 Å². The second kappa shape index (κ2) is 3.96. The average molecular weight is 239 g/mol. The fourth-order valence-electron chi connectivity index (χ4n) is 3.97. The third-order valence-corrected chi connectivity index (χ3v) is 4.40. The molecule has 100 valence electrons. The lowest BCUT2D eigenvalue weighted by Gasteiger charge is -2.48. The quantitative estimate of drug-likeness (QED) is 0.642. The van der Waals surface area contributed by atoms with E-state index >= 15 is 0 Å². The zero-order chi connectivity index (χ0) is 12.9. The normalized spacial score (nSPS) is 36.0. The van der Waals surface area contributed by atoms with Crippen LogP contribution in [0.25, 0.3) is 0 Å². The van der Waals surface area contributed by atoms with E-state index in [4.69, 9.17) is 4.74 Å². The Labute approximate surface area is 107 Å².